The SMILES string of the molecule is O=C(Nc1ccccc1)N[C@H]1CCN(C(=O)c2cc(Cl)cc(Cl)c2)[C@H](Cc2ccccc2)C1. The molecule has 0 aliphatic carbocycles. The molecule has 0 unspecified atom stereocenters. The standard InChI is InChI=1S/C26H25Cl2N3O2/c27-20-14-19(15-21(28)16-20)25(32)31-12-11-23(17-24(31)13-18-7-3-1-4-8-18)30-26(33)29-22-9-5-2-6-10-22/h1-10,14-16,23-24H,11-13,17H2,(H2,29,30,33)/t23-,24+/m0/s1. The lowest BCUT2D eigenvalue weighted by molar-refractivity contribution is 0.0584. The number of amides is 3. The average Bonchev–Trinajstić information content (AvgIpc) is 2.79. The van der Waals surface area contributed by atoms with E-state index in [-0.39, 0.29) is 24.0 Å². The summed E-state index contributed by atoms with van der Waals surface area (Å²) in [7, 11) is 0. The van der Waals surface area contributed by atoms with E-state index in [0.717, 1.165) is 11.3 Å². The van der Waals surface area contributed by atoms with Crippen molar-refractivity contribution in [1.82, 2.24) is 10.2 Å². The Balaban J connectivity index is 1.49. The number of carbonyl (C=O) groups is 2. The van der Waals surface area contributed by atoms with Gasteiger partial charge in [0.25, 0.3) is 5.91 Å². The zero-order chi connectivity index (χ0) is 23.2. The number of halogens is 2. The van der Waals surface area contributed by atoms with Crippen molar-refractivity contribution in [3.05, 3.63) is 100 Å². The maximum absolute atomic E-state index is 13.4. The number of benzene rings is 3. The number of rotatable bonds is 5. The van der Waals surface area contributed by atoms with Crippen molar-refractivity contribution in [1.29, 1.82) is 0 Å². The van der Waals surface area contributed by atoms with E-state index in [2.05, 4.69) is 22.8 Å². The fourth-order valence-electron chi connectivity index (χ4n) is 4.25. The molecule has 1 heterocycles. The van der Waals surface area contributed by atoms with Gasteiger partial charge in [-0.05, 0) is 55.2 Å². The molecule has 170 valence electrons. The van der Waals surface area contributed by atoms with E-state index in [4.69, 9.17) is 23.2 Å². The summed E-state index contributed by atoms with van der Waals surface area (Å²) in [6, 6.07) is 23.9. The minimum absolute atomic E-state index is 0.0468. The lowest BCUT2D eigenvalue weighted by atomic mass is 9.91. The Morgan fingerprint density at radius 2 is 1.55 bits per heavy atom. The van der Waals surface area contributed by atoms with Crippen LogP contribution in [0.5, 0.6) is 0 Å². The Hall–Kier alpha value is -3.02. The summed E-state index contributed by atoms with van der Waals surface area (Å²) in [4.78, 5) is 27.8. The molecule has 2 N–H and O–H groups in total. The van der Waals surface area contributed by atoms with Crippen molar-refractivity contribution in [2.24, 2.45) is 0 Å². The predicted octanol–water partition coefficient (Wildman–Crippen LogP) is 6.03. The van der Waals surface area contributed by atoms with Crippen LogP contribution in [0.2, 0.25) is 10.0 Å². The Labute approximate surface area is 203 Å². The fourth-order valence-corrected chi connectivity index (χ4v) is 4.77. The first kappa shape index (κ1) is 23.1. The third kappa shape index (κ3) is 6.28. The minimum Gasteiger partial charge on any atom is -0.335 e. The van der Waals surface area contributed by atoms with Gasteiger partial charge < -0.3 is 15.5 Å². The molecule has 5 nitrogen and oxygen atoms in total. The van der Waals surface area contributed by atoms with Gasteiger partial charge in [-0.1, -0.05) is 71.7 Å². The second-order valence-corrected chi connectivity index (χ2v) is 9.06. The summed E-state index contributed by atoms with van der Waals surface area (Å²) in [5.74, 6) is -0.104. The van der Waals surface area contributed by atoms with Gasteiger partial charge in [0.15, 0.2) is 0 Å². The average molecular weight is 482 g/mol. The fraction of sp³-hybridized carbons (Fsp3) is 0.231. The summed E-state index contributed by atoms with van der Waals surface area (Å²) in [6.45, 7) is 0.525. The van der Waals surface area contributed by atoms with Gasteiger partial charge >= 0.3 is 6.03 Å². The Bertz CT molecular complexity index is 1090. The van der Waals surface area contributed by atoms with Crippen molar-refractivity contribution >= 4 is 40.8 Å². The van der Waals surface area contributed by atoms with Crippen LogP contribution in [-0.4, -0.2) is 35.5 Å². The van der Waals surface area contributed by atoms with Gasteiger partial charge in [-0.15, -0.1) is 0 Å². The van der Waals surface area contributed by atoms with E-state index in [1.807, 2.05) is 53.4 Å². The largest absolute Gasteiger partial charge is 0.335 e. The molecule has 0 bridgehead atoms. The lowest BCUT2D eigenvalue weighted by Crippen LogP contribution is -2.53. The number of nitrogens with one attached hydrogen (secondary N) is 2. The Morgan fingerprint density at radius 3 is 2.21 bits per heavy atom. The normalized spacial score (nSPS) is 17.9. The minimum atomic E-state index is -0.244. The van der Waals surface area contributed by atoms with E-state index in [1.165, 1.54) is 0 Å². The van der Waals surface area contributed by atoms with Crippen LogP contribution >= 0.6 is 23.2 Å². The number of hydrogen-bond donors (Lipinski definition) is 2. The molecule has 0 radical (unpaired) electrons. The van der Waals surface area contributed by atoms with Crippen LogP contribution in [0.4, 0.5) is 10.5 Å². The van der Waals surface area contributed by atoms with E-state index >= 15 is 0 Å². The molecule has 7 heteroatoms. The topological polar surface area (TPSA) is 61.4 Å². The van der Waals surface area contributed by atoms with Crippen molar-refractivity contribution < 1.29 is 9.59 Å². The highest BCUT2D eigenvalue weighted by atomic mass is 35.5. The summed E-state index contributed by atoms with van der Waals surface area (Å²) < 4.78 is 0. The molecule has 0 saturated carbocycles. The summed E-state index contributed by atoms with van der Waals surface area (Å²) in [5.41, 5.74) is 2.35. The highest BCUT2D eigenvalue weighted by molar-refractivity contribution is 6.35. The van der Waals surface area contributed by atoms with Gasteiger partial charge in [-0.2, -0.15) is 0 Å². The van der Waals surface area contributed by atoms with Crippen LogP contribution < -0.4 is 10.6 Å². The zero-order valence-electron chi connectivity index (χ0n) is 18.0. The van der Waals surface area contributed by atoms with Crippen LogP contribution in [0.3, 0.4) is 0 Å². The number of likely N-dealkylation sites (tertiary alicyclic amines) is 1. The molecule has 1 aliphatic heterocycles. The number of urea groups is 1. The number of nitrogens with zero attached hydrogens (tertiary/aromatic N) is 1. The highest BCUT2D eigenvalue weighted by Gasteiger charge is 2.33. The van der Waals surface area contributed by atoms with Crippen molar-refractivity contribution in [2.75, 3.05) is 11.9 Å². The molecule has 2 atom stereocenters. The van der Waals surface area contributed by atoms with Gasteiger partial charge in [-0.25, -0.2) is 4.79 Å². The van der Waals surface area contributed by atoms with Crippen LogP contribution in [0.15, 0.2) is 78.9 Å². The van der Waals surface area contributed by atoms with Gasteiger partial charge in [0.05, 0.1) is 0 Å². The molecule has 3 aromatic rings. The molecule has 0 spiro atoms. The van der Waals surface area contributed by atoms with E-state index in [0.29, 0.717) is 41.4 Å². The number of piperidine rings is 1. The number of anilines is 1. The zero-order valence-corrected chi connectivity index (χ0v) is 19.5. The quantitative estimate of drug-likeness (QED) is 0.467. The molecule has 1 aliphatic rings. The van der Waals surface area contributed by atoms with Crippen LogP contribution in [0.25, 0.3) is 0 Å². The molecule has 3 amide bonds. The van der Waals surface area contributed by atoms with Crippen LogP contribution in [-0.2, 0) is 6.42 Å². The summed E-state index contributed by atoms with van der Waals surface area (Å²) >= 11 is 12.3. The second kappa shape index (κ2) is 10.7. The first-order valence-electron chi connectivity index (χ1n) is 10.9. The molecule has 4 rings (SSSR count). The monoisotopic (exact) mass is 481 g/mol. The van der Waals surface area contributed by atoms with Crippen molar-refractivity contribution in [3.63, 3.8) is 0 Å². The summed E-state index contributed by atoms with van der Waals surface area (Å²) in [6.07, 6.45) is 2.00. The number of carbonyl (C=O) groups excluding carboxylic acids is 2. The molecule has 1 fully saturated rings. The first-order chi connectivity index (χ1) is 16.0. The predicted molar refractivity (Wildman–Crippen MR) is 133 cm³/mol. The molecule has 0 aromatic heterocycles. The molecule has 1 saturated heterocycles. The smallest absolute Gasteiger partial charge is 0.319 e. The van der Waals surface area contributed by atoms with Crippen LogP contribution in [0, 0.1) is 0 Å². The Kier molecular flexibility index (Phi) is 7.53. The maximum Gasteiger partial charge on any atom is 0.319 e. The highest BCUT2D eigenvalue weighted by Crippen LogP contribution is 2.26. The van der Waals surface area contributed by atoms with E-state index in [1.54, 1.807) is 18.2 Å². The molecule has 3 aromatic carbocycles. The van der Waals surface area contributed by atoms with E-state index < -0.39 is 0 Å². The summed E-state index contributed by atoms with van der Waals surface area (Å²) in [5, 5.41) is 6.80. The Morgan fingerprint density at radius 1 is 0.909 bits per heavy atom. The lowest BCUT2D eigenvalue weighted by Gasteiger charge is -2.40. The van der Waals surface area contributed by atoms with E-state index in [9.17, 15) is 9.59 Å². The van der Waals surface area contributed by atoms with Crippen molar-refractivity contribution in [3.8, 4) is 0 Å². The first-order valence-corrected chi connectivity index (χ1v) is 11.7. The van der Waals surface area contributed by atoms with Gasteiger partial charge in [0.1, 0.15) is 0 Å². The number of para-hydroxylation sites is 1. The second-order valence-electron chi connectivity index (χ2n) is 8.19. The van der Waals surface area contributed by atoms with Gasteiger partial charge in [0.2, 0.25) is 0 Å². The van der Waals surface area contributed by atoms with Crippen LogP contribution in [0.1, 0.15) is 28.8 Å². The molecular weight excluding hydrogens is 457 g/mol. The van der Waals surface area contributed by atoms with Gasteiger partial charge in [0, 0.05) is 39.9 Å². The molecular formula is C26H25Cl2N3O2. The third-order valence-electron chi connectivity index (χ3n) is 5.77. The van der Waals surface area contributed by atoms with Gasteiger partial charge in [-0.3, -0.25) is 4.79 Å². The molecule has 33 heavy (non-hydrogen) atoms. The third-order valence-corrected chi connectivity index (χ3v) is 6.20. The maximum atomic E-state index is 13.4. The number of hydrogen-bond acceptors (Lipinski definition) is 2. The van der Waals surface area contributed by atoms with Crippen molar-refractivity contribution in [2.45, 2.75) is 31.3 Å².